The molecule has 94 valence electrons. The highest BCUT2D eigenvalue weighted by Crippen LogP contribution is 1.92. The van der Waals surface area contributed by atoms with Crippen molar-refractivity contribution in [1.29, 1.82) is 0 Å². The van der Waals surface area contributed by atoms with Gasteiger partial charge in [0.2, 0.25) is 0 Å². The number of H-pyrrole nitrogens is 1. The number of aliphatic hydroxyl groups excluding tert-OH is 1. The Morgan fingerprint density at radius 3 is 2.82 bits per heavy atom. The monoisotopic (exact) mass is 242 g/mol. The van der Waals surface area contributed by atoms with Gasteiger partial charge in [-0.15, -0.1) is 0 Å². The molecule has 0 aromatic carbocycles. The van der Waals surface area contributed by atoms with Crippen molar-refractivity contribution in [3.63, 3.8) is 0 Å². The molecule has 1 heterocycles. The van der Waals surface area contributed by atoms with Gasteiger partial charge in [0.25, 0.3) is 0 Å². The number of carboxylic acid groups (broad SMARTS) is 1. The number of nitrogens with zero attached hydrogens (tertiary/aromatic N) is 1. The fraction of sp³-hybridized carbons (Fsp3) is 0.444. The van der Waals surface area contributed by atoms with Crippen molar-refractivity contribution < 1.29 is 19.8 Å². The largest absolute Gasteiger partial charge is 0.480 e. The third-order valence-corrected chi connectivity index (χ3v) is 1.99. The van der Waals surface area contributed by atoms with Crippen LogP contribution in [-0.4, -0.2) is 44.8 Å². The van der Waals surface area contributed by atoms with Gasteiger partial charge in [0, 0.05) is 25.4 Å². The Morgan fingerprint density at radius 1 is 1.53 bits per heavy atom. The molecular weight excluding hydrogens is 228 g/mol. The zero-order valence-electron chi connectivity index (χ0n) is 9.01. The van der Waals surface area contributed by atoms with Crippen molar-refractivity contribution in [1.82, 2.24) is 20.6 Å². The van der Waals surface area contributed by atoms with Crippen molar-refractivity contribution in [3.8, 4) is 0 Å². The van der Waals surface area contributed by atoms with E-state index in [1.54, 1.807) is 12.4 Å². The minimum absolute atomic E-state index is 0.0382. The quantitative estimate of drug-likeness (QED) is 0.439. The van der Waals surface area contributed by atoms with Gasteiger partial charge < -0.3 is 25.8 Å². The summed E-state index contributed by atoms with van der Waals surface area (Å²) >= 11 is 0. The average Bonchev–Trinajstić information content (AvgIpc) is 2.78. The maximum absolute atomic E-state index is 11.3. The summed E-state index contributed by atoms with van der Waals surface area (Å²) < 4.78 is 0. The van der Waals surface area contributed by atoms with Crippen LogP contribution in [0.2, 0.25) is 0 Å². The number of carbonyl (C=O) groups excluding carboxylic acids is 1. The molecule has 5 N–H and O–H groups in total. The first kappa shape index (κ1) is 13.0. The fourth-order valence-corrected chi connectivity index (χ4v) is 1.15. The van der Waals surface area contributed by atoms with E-state index < -0.39 is 18.0 Å². The van der Waals surface area contributed by atoms with Crippen molar-refractivity contribution in [2.24, 2.45) is 0 Å². The number of aliphatic hydroxyl groups is 1. The maximum Gasteiger partial charge on any atom is 0.326 e. The molecule has 8 nitrogen and oxygen atoms in total. The van der Waals surface area contributed by atoms with Crippen LogP contribution in [0, 0.1) is 0 Å². The molecule has 0 aliphatic heterocycles. The number of amides is 2. The normalized spacial score (nSPS) is 11.8. The number of hydrogen-bond donors (Lipinski definition) is 5. The van der Waals surface area contributed by atoms with Crippen LogP contribution in [0.15, 0.2) is 12.4 Å². The summed E-state index contributed by atoms with van der Waals surface area (Å²) in [4.78, 5) is 28.7. The van der Waals surface area contributed by atoms with E-state index in [0.717, 1.165) is 0 Å². The van der Waals surface area contributed by atoms with E-state index in [1.165, 1.54) is 0 Å². The molecule has 0 spiro atoms. The van der Waals surface area contributed by atoms with E-state index in [1.807, 2.05) is 0 Å². The first-order chi connectivity index (χ1) is 8.13. The Balaban J connectivity index is 2.34. The highest BCUT2D eigenvalue weighted by molar-refractivity contribution is 5.82. The first-order valence-electron chi connectivity index (χ1n) is 4.99. The highest BCUT2D eigenvalue weighted by Gasteiger charge is 2.18. The molecule has 2 amide bonds. The van der Waals surface area contributed by atoms with Crippen LogP contribution < -0.4 is 10.6 Å². The lowest BCUT2D eigenvalue weighted by atomic mass is 10.2. The summed E-state index contributed by atoms with van der Waals surface area (Å²) in [6.45, 7) is -0.139. The molecule has 1 atom stereocenters. The minimum atomic E-state index is -1.19. The van der Waals surface area contributed by atoms with Crippen LogP contribution in [0.25, 0.3) is 0 Å². The van der Waals surface area contributed by atoms with Crippen molar-refractivity contribution >= 4 is 12.0 Å². The van der Waals surface area contributed by atoms with Crippen LogP contribution in [0.1, 0.15) is 12.2 Å². The van der Waals surface area contributed by atoms with Gasteiger partial charge in [0.15, 0.2) is 0 Å². The van der Waals surface area contributed by atoms with E-state index in [9.17, 15) is 9.59 Å². The Kier molecular flexibility index (Phi) is 4.95. The molecule has 1 aromatic rings. The fourth-order valence-electron chi connectivity index (χ4n) is 1.15. The molecule has 0 bridgehead atoms. The third kappa shape index (κ3) is 4.51. The van der Waals surface area contributed by atoms with E-state index in [-0.39, 0.29) is 19.6 Å². The molecule has 0 radical (unpaired) electrons. The van der Waals surface area contributed by atoms with Crippen LogP contribution in [-0.2, 0) is 11.3 Å². The van der Waals surface area contributed by atoms with Crippen molar-refractivity contribution in [2.45, 2.75) is 19.0 Å². The van der Waals surface area contributed by atoms with Gasteiger partial charge >= 0.3 is 12.0 Å². The minimum Gasteiger partial charge on any atom is -0.480 e. The van der Waals surface area contributed by atoms with E-state index in [4.69, 9.17) is 10.2 Å². The van der Waals surface area contributed by atoms with Gasteiger partial charge in [0.1, 0.15) is 11.9 Å². The van der Waals surface area contributed by atoms with Gasteiger partial charge in [0.05, 0.1) is 6.54 Å². The Bertz CT molecular complexity index is 365. The SMILES string of the molecule is O=C(NCc1ncc[nH]1)N[C@@H](CCO)C(=O)O. The highest BCUT2D eigenvalue weighted by atomic mass is 16.4. The summed E-state index contributed by atoms with van der Waals surface area (Å²) in [5.74, 6) is -0.624. The van der Waals surface area contributed by atoms with Crippen LogP contribution >= 0.6 is 0 Å². The van der Waals surface area contributed by atoms with Gasteiger partial charge in [-0.2, -0.15) is 0 Å². The van der Waals surface area contributed by atoms with Crippen LogP contribution in [0.4, 0.5) is 4.79 Å². The Labute approximate surface area is 97.1 Å². The number of aromatic amines is 1. The summed E-state index contributed by atoms with van der Waals surface area (Å²) in [5.41, 5.74) is 0. The molecule has 1 aromatic heterocycles. The third-order valence-electron chi connectivity index (χ3n) is 1.99. The smallest absolute Gasteiger partial charge is 0.326 e. The van der Waals surface area contributed by atoms with Gasteiger partial charge in [-0.1, -0.05) is 0 Å². The molecule has 0 unspecified atom stereocenters. The molecule has 1 rings (SSSR count). The summed E-state index contributed by atoms with van der Waals surface area (Å²) in [7, 11) is 0. The lowest BCUT2D eigenvalue weighted by Gasteiger charge is -2.13. The molecule has 0 fully saturated rings. The summed E-state index contributed by atoms with van der Waals surface area (Å²) in [6.07, 6.45) is 3.12. The number of carboxylic acids is 1. The Morgan fingerprint density at radius 2 is 2.29 bits per heavy atom. The van der Waals surface area contributed by atoms with Crippen molar-refractivity contribution in [3.05, 3.63) is 18.2 Å². The van der Waals surface area contributed by atoms with Gasteiger partial charge in [-0.25, -0.2) is 14.6 Å². The number of aliphatic carboxylic acids is 1. The standard InChI is InChI=1S/C9H14N4O4/c14-4-1-6(8(15)16)13-9(17)12-5-7-10-2-3-11-7/h2-3,6,14H,1,4-5H2,(H,10,11)(H,15,16)(H2,12,13,17)/t6-/m0/s1. The molecule has 0 aliphatic carbocycles. The second-order valence-electron chi connectivity index (χ2n) is 3.27. The molecule has 17 heavy (non-hydrogen) atoms. The molecular formula is C9H14N4O4. The number of urea groups is 1. The number of rotatable bonds is 6. The average molecular weight is 242 g/mol. The lowest BCUT2D eigenvalue weighted by molar-refractivity contribution is -0.139. The number of aromatic nitrogens is 2. The topological polar surface area (TPSA) is 127 Å². The number of imidazole rings is 1. The number of nitrogens with one attached hydrogen (secondary N) is 3. The number of carbonyl (C=O) groups is 2. The van der Waals surface area contributed by atoms with E-state index in [0.29, 0.717) is 5.82 Å². The molecule has 0 aliphatic rings. The van der Waals surface area contributed by atoms with Crippen molar-refractivity contribution in [2.75, 3.05) is 6.61 Å². The van der Waals surface area contributed by atoms with Gasteiger partial charge in [-0.05, 0) is 0 Å². The Hall–Kier alpha value is -2.09. The predicted molar refractivity (Wildman–Crippen MR) is 57.1 cm³/mol. The predicted octanol–water partition coefficient (Wildman–Crippen LogP) is -0.955. The zero-order chi connectivity index (χ0) is 12.7. The first-order valence-corrected chi connectivity index (χ1v) is 4.99. The maximum atomic E-state index is 11.3. The molecule has 8 heteroatoms. The summed E-state index contributed by atoms with van der Waals surface area (Å²) in [5, 5.41) is 22.0. The zero-order valence-corrected chi connectivity index (χ0v) is 9.01. The van der Waals surface area contributed by atoms with E-state index >= 15 is 0 Å². The van der Waals surface area contributed by atoms with Crippen LogP contribution in [0.5, 0.6) is 0 Å². The summed E-state index contributed by atoms with van der Waals surface area (Å²) in [6, 6.07) is -1.72. The number of hydrogen-bond acceptors (Lipinski definition) is 4. The van der Waals surface area contributed by atoms with Crippen LogP contribution in [0.3, 0.4) is 0 Å². The second kappa shape index (κ2) is 6.48. The van der Waals surface area contributed by atoms with E-state index in [2.05, 4.69) is 20.6 Å². The molecule has 0 saturated heterocycles. The lowest BCUT2D eigenvalue weighted by Crippen LogP contribution is -2.46. The second-order valence-corrected chi connectivity index (χ2v) is 3.27. The molecule has 0 saturated carbocycles. The van der Waals surface area contributed by atoms with Gasteiger partial charge in [-0.3, -0.25) is 0 Å².